The summed E-state index contributed by atoms with van der Waals surface area (Å²) in [6, 6.07) is 0. The SMILES string of the molecule is CC1OC(OC2CCC3(C)C(CCC4(C)C3CC=C3C5CC(C)(C)CCC5(C(=O)OC5OCC(O)C(O)C5OC5OC(C)C(OC6OC(CO)C(O)C(O)C6O)C(O)C5O)C(O)CC34C)C2(C)C)C(O)C(O)C1OC1OCC(O)C(O)C1O.CCC(C(=O)[O-])C1CCC(C)C(C(C)C(O)C(C)C(=O)C(CC)C2OC3(C=CC(O)C4(CCC(C)(C5CCC(O)(CC)C(C)O5)O4)O3)C(C)CC2C)O1.[Na+]. The number of carboxylic acid groups (broad SMARTS) is 1. The van der Waals surface area contributed by atoms with Crippen molar-refractivity contribution in [3.05, 3.63) is 23.8 Å². The number of ether oxygens (including phenoxy) is 15. The van der Waals surface area contributed by atoms with E-state index in [9.17, 15) is 102 Å². The molecule has 13 fully saturated rings. The Morgan fingerprint density at radius 2 is 1.16 bits per heavy atom. The average molecular weight is 1960 g/mol. The van der Waals surface area contributed by atoms with Crippen molar-refractivity contribution in [3.63, 3.8) is 0 Å². The molecule has 9 saturated heterocycles. The summed E-state index contributed by atoms with van der Waals surface area (Å²) in [6.07, 6.45) is -24.0. The van der Waals surface area contributed by atoms with Crippen LogP contribution < -0.4 is 34.7 Å². The summed E-state index contributed by atoms with van der Waals surface area (Å²) < 4.78 is 93.0. The minimum absolute atomic E-state index is 0. The topological polar surface area (TPSA) is 557 Å². The van der Waals surface area contributed by atoms with Crippen LogP contribution in [0.4, 0.5) is 0 Å². The molecule has 0 aromatic carbocycles. The van der Waals surface area contributed by atoms with Gasteiger partial charge in [-0.05, 0) is 212 Å². The Hall–Kier alpha value is -2.15. The van der Waals surface area contributed by atoms with Crippen molar-refractivity contribution in [1.82, 2.24) is 0 Å². The van der Waals surface area contributed by atoms with Crippen molar-refractivity contribution >= 4 is 17.7 Å². The van der Waals surface area contributed by atoms with Gasteiger partial charge in [0.1, 0.15) is 109 Å². The van der Waals surface area contributed by atoms with E-state index in [0.717, 1.165) is 31.3 Å². The number of hydrogen-bond acceptors (Lipinski definition) is 36. The van der Waals surface area contributed by atoms with Crippen molar-refractivity contribution < 1.29 is 207 Å². The van der Waals surface area contributed by atoms with Gasteiger partial charge < -0.3 is 168 Å². The molecule has 780 valence electrons. The number of carboxylic acids is 1. The number of aliphatic hydroxyl groups excluding tert-OH is 16. The van der Waals surface area contributed by atoms with Crippen LogP contribution in [0.2, 0.25) is 0 Å². The zero-order chi connectivity index (χ0) is 99.8. The summed E-state index contributed by atoms with van der Waals surface area (Å²) in [6.45, 7) is 36.7. The number of hydrogen-bond donors (Lipinski definition) is 17. The number of allylic oxidation sites excluding steroid dienone is 2. The third-order valence-corrected chi connectivity index (χ3v) is 37.1. The van der Waals surface area contributed by atoms with Gasteiger partial charge in [-0.25, -0.2) is 0 Å². The maximum Gasteiger partial charge on any atom is 1.00 e. The quantitative estimate of drug-likeness (QED) is 0.0276. The van der Waals surface area contributed by atoms with E-state index in [1.807, 2.05) is 41.5 Å². The molecule has 0 aromatic rings. The van der Waals surface area contributed by atoms with Gasteiger partial charge in [0, 0.05) is 42.0 Å². The van der Waals surface area contributed by atoms with Crippen molar-refractivity contribution in [2.45, 2.75) is 473 Å². The minimum Gasteiger partial charge on any atom is -0.550 e. The van der Waals surface area contributed by atoms with E-state index < -0.39 is 278 Å². The first-order valence-corrected chi connectivity index (χ1v) is 50.7. The maximum atomic E-state index is 15.4. The van der Waals surface area contributed by atoms with E-state index in [4.69, 9.17) is 71.1 Å². The number of carbonyl (C=O) groups is 3. The van der Waals surface area contributed by atoms with Gasteiger partial charge in [0.25, 0.3) is 0 Å². The number of carbonyl (C=O) groups excluding carboxylic acids is 3. The number of fused-ring (bicyclic) bond motifs is 7. The van der Waals surface area contributed by atoms with Crippen molar-refractivity contribution in [3.8, 4) is 0 Å². The van der Waals surface area contributed by atoms with E-state index in [2.05, 4.69) is 75.3 Å². The fraction of sp³-hybridized carbons (Fsp3) is 0.930. The summed E-state index contributed by atoms with van der Waals surface area (Å²) in [7, 11) is 0. The zero-order valence-electron chi connectivity index (χ0n) is 83.9. The molecule has 4 saturated carbocycles. The number of aliphatic hydroxyl groups is 17. The van der Waals surface area contributed by atoms with Gasteiger partial charge in [-0.1, -0.05) is 116 Å². The molecule has 0 radical (unpaired) electrons. The Bertz CT molecular complexity index is 4150. The van der Waals surface area contributed by atoms with Crippen molar-refractivity contribution in [1.29, 1.82) is 0 Å². The molecule has 5 aliphatic carbocycles. The molecule has 36 nitrogen and oxygen atoms in total. The van der Waals surface area contributed by atoms with Gasteiger partial charge in [-0.15, -0.1) is 0 Å². The first-order chi connectivity index (χ1) is 63.6. The molecule has 50 unspecified atom stereocenters. The van der Waals surface area contributed by atoms with Crippen molar-refractivity contribution in [2.24, 2.45) is 91.7 Å². The van der Waals surface area contributed by atoms with Crippen LogP contribution in [0.3, 0.4) is 0 Å². The predicted molar refractivity (Wildman–Crippen MR) is 478 cm³/mol. The number of ketones is 1. The molecule has 15 aliphatic rings. The average Bonchev–Trinajstić information content (AvgIpc) is 0.989. The molecule has 10 heterocycles. The van der Waals surface area contributed by atoms with Crippen LogP contribution in [-0.4, -0.2) is 343 Å². The monoisotopic (exact) mass is 1960 g/mol. The molecule has 10 aliphatic heterocycles. The third-order valence-electron chi connectivity index (χ3n) is 37.1. The molecule has 50 atom stereocenters. The molecular formula is C100H163NaO36. The number of rotatable bonds is 23. The van der Waals surface area contributed by atoms with Gasteiger partial charge in [-0.2, -0.15) is 0 Å². The molecule has 0 aromatic heterocycles. The van der Waals surface area contributed by atoms with E-state index in [1.165, 1.54) is 6.92 Å². The minimum atomic E-state index is -1.93. The molecular weight excluding hydrogens is 1800 g/mol. The smallest absolute Gasteiger partial charge is 0.550 e. The summed E-state index contributed by atoms with van der Waals surface area (Å²) >= 11 is 0. The second-order valence-corrected chi connectivity index (χ2v) is 46.2. The molecule has 2 spiro atoms. The fourth-order valence-corrected chi connectivity index (χ4v) is 28.0. The van der Waals surface area contributed by atoms with E-state index in [-0.39, 0.29) is 113 Å². The molecule has 15 rings (SSSR count). The standard InChI is InChI=1S/C58H94O25.C42H70O11.Na/c1-23-44(80-47-40(69)34(63)27(60)21-74-47)38(67)42(71)48(76-23)79-33-13-14-55(7)30(54(33,5)6)12-15-56(8)31(55)11-10-25-26-18-53(3,4)16-17-58(26,32(62)19-57(25,56)9)52(73)83-51-46(35(64)28(61)22-75-51)82-49-43(72)39(68)45(24(2)77-49)81-50-41(70)37(66)36(65)29(20-59)78-50;1-11-29(38(46)47)31-15-14-23(4)36(50-31)27(8)34(44)26(7)35(45)30(12-2)37-24(5)22-25(6)41(51-37)19-16-32(43)42(53-41)21-20-39(10,52-42)33-17-18-40(48,13-3)28(9)49-33;/h10,23-24,26-51,59-72H,11-22H2,1-9H3;16,19,23-34,36-37,43-44,48H,11-15,17-18,20-22H2,1-10H3,(H,46,47);/q;;+1/p-1. The van der Waals surface area contributed by atoms with Crippen LogP contribution in [0.5, 0.6) is 0 Å². The van der Waals surface area contributed by atoms with Gasteiger partial charge in [0.2, 0.25) is 12.1 Å². The first kappa shape index (κ1) is 112. The zero-order valence-corrected chi connectivity index (χ0v) is 85.9. The maximum absolute atomic E-state index is 15.4. The Morgan fingerprint density at radius 3 is 1.77 bits per heavy atom. The Kier molecular flexibility index (Phi) is 34.7. The molecule has 37 heteroatoms. The van der Waals surface area contributed by atoms with Gasteiger partial charge in [0.05, 0.1) is 92.1 Å². The van der Waals surface area contributed by atoms with Gasteiger partial charge >= 0.3 is 35.5 Å². The first-order valence-electron chi connectivity index (χ1n) is 50.7. The molecule has 17 N–H and O–H groups in total. The van der Waals surface area contributed by atoms with E-state index >= 15 is 4.79 Å². The summed E-state index contributed by atoms with van der Waals surface area (Å²) in [4.78, 5) is 41.6. The van der Waals surface area contributed by atoms with Crippen LogP contribution in [0.1, 0.15) is 254 Å². The molecule has 0 bridgehead atoms. The Labute approximate surface area is 827 Å². The second kappa shape index (κ2) is 42.5. The Balaban J connectivity index is 0.000000254. The largest absolute Gasteiger partial charge is 1.00 e. The fourth-order valence-electron chi connectivity index (χ4n) is 28.0. The number of aliphatic carboxylic acids is 1. The van der Waals surface area contributed by atoms with Crippen LogP contribution in [0.25, 0.3) is 0 Å². The van der Waals surface area contributed by atoms with Crippen molar-refractivity contribution in [2.75, 3.05) is 19.8 Å². The number of Topliss-reactive ketones (excluding diaryl/α,β-unsaturated/α-hetero) is 1. The molecule has 0 amide bonds. The summed E-state index contributed by atoms with van der Waals surface area (Å²) in [5.74, 6) is -7.24. The van der Waals surface area contributed by atoms with Crippen LogP contribution in [0.15, 0.2) is 23.8 Å². The normalized spacial score (nSPS) is 51.3. The Morgan fingerprint density at radius 1 is 0.569 bits per heavy atom. The van der Waals surface area contributed by atoms with Crippen LogP contribution >= 0.6 is 0 Å². The third kappa shape index (κ3) is 20.3. The van der Waals surface area contributed by atoms with Crippen LogP contribution in [-0.2, 0) is 85.4 Å². The second-order valence-electron chi connectivity index (χ2n) is 46.2. The van der Waals surface area contributed by atoms with E-state index in [1.54, 1.807) is 26.0 Å². The van der Waals surface area contributed by atoms with Crippen LogP contribution in [0, 0.1) is 91.7 Å². The summed E-state index contributed by atoms with van der Waals surface area (Å²) in [5, 5.41) is 198. The molecule has 137 heavy (non-hydrogen) atoms. The predicted octanol–water partition coefficient (Wildman–Crippen LogP) is -0.0496. The van der Waals surface area contributed by atoms with E-state index in [0.29, 0.717) is 83.5 Å². The van der Waals surface area contributed by atoms with Gasteiger partial charge in [0.15, 0.2) is 37.1 Å². The number of esters is 1. The summed E-state index contributed by atoms with van der Waals surface area (Å²) in [5.41, 5.74) is -3.91. The van der Waals surface area contributed by atoms with Gasteiger partial charge in [-0.3, -0.25) is 9.59 Å².